The highest BCUT2D eigenvalue weighted by molar-refractivity contribution is 9.10. The zero-order valence-electron chi connectivity index (χ0n) is 11.2. The number of halogens is 1. The third kappa shape index (κ3) is 4.60. The molecule has 0 aliphatic carbocycles. The van der Waals surface area contributed by atoms with Crippen molar-refractivity contribution in [2.45, 2.75) is 19.9 Å². The second kappa shape index (κ2) is 7.04. The fourth-order valence-corrected chi connectivity index (χ4v) is 2.90. The molecule has 1 aromatic carbocycles. The summed E-state index contributed by atoms with van der Waals surface area (Å²) in [6.07, 6.45) is 4.36. The van der Waals surface area contributed by atoms with Crippen molar-refractivity contribution in [3.63, 3.8) is 0 Å². The van der Waals surface area contributed by atoms with E-state index in [4.69, 9.17) is 0 Å². The predicted molar refractivity (Wildman–Crippen MR) is 89.6 cm³/mol. The fourth-order valence-electron chi connectivity index (χ4n) is 1.69. The highest BCUT2D eigenvalue weighted by Crippen LogP contribution is 2.29. The van der Waals surface area contributed by atoms with E-state index >= 15 is 0 Å². The van der Waals surface area contributed by atoms with E-state index < -0.39 is 0 Å². The normalized spacial score (nSPS) is 11.6. The maximum atomic E-state index is 3.46. The lowest BCUT2D eigenvalue weighted by Gasteiger charge is -2.02. The third-order valence-electron chi connectivity index (χ3n) is 2.68. The molecule has 0 saturated heterocycles. The molecule has 1 heterocycles. The van der Waals surface area contributed by atoms with Crippen molar-refractivity contribution in [2.75, 3.05) is 6.54 Å². The average Bonchev–Trinajstić information content (AvgIpc) is 2.84. The van der Waals surface area contributed by atoms with Crippen molar-refractivity contribution in [3.05, 3.63) is 51.8 Å². The minimum atomic E-state index is 0.534. The summed E-state index contributed by atoms with van der Waals surface area (Å²) in [4.78, 5) is 2.60. The van der Waals surface area contributed by atoms with Gasteiger partial charge in [0.25, 0.3) is 0 Å². The van der Waals surface area contributed by atoms with Crippen LogP contribution in [0.4, 0.5) is 0 Å². The van der Waals surface area contributed by atoms with Crippen LogP contribution in [-0.2, 0) is 0 Å². The largest absolute Gasteiger partial charge is 0.311 e. The highest BCUT2D eigenvalue weighted by Gasteiger charge is 2.00. The van der Waals surface area contributed by atoms with E-state index in [1.807, 2.05) is 11.3 Å². The minimum Gasteiger partial charge on any atom is -0.311 e. The number of hydrogen-bond acceptors (Lipinski definition) is 2. The molecule has 1 nitrogen and oxygen atoms in total. The summed E-state index contributed by atoms with van der Waals surface area (Å²) >= 11 is 5.28. The Bertz CT molecular complexity index is 540. The van der Waals surface area contributed by atoms with Crippen molar-refractivity contribution >= 4 is 33.3 Å². The van der Waals surface area contributed by atoms with E-state index in [0.29, 0.717) is 6.04 Å². The molecule has 0 radical (unpaired) electrons. The van der Waals surface area contributed by atoms with Crippen molar-refractivity contribution < 1.29 is 0 Å². The lowest BCUT2D eigenvalue weighted by molar-refractivity contribution is 0.633. The molecular weight excluding hydrogens is 318 g/mol. The third-order valence-corrected chi connectivity index (χ3v) is 4.31. The van der Waals surface area contributed by atoms with Gasteiger partial charge in [-0.25, -0.2) is 0 Å². The number of thiophene rings is 1. The lowest BCUT2D eigenvalue weighted by atomic mass is 10.2. The molecule has 0 atom stereocenters. The Morgan fingerprint density at radius 3 is 2.58 bits per heavy atom. The van der Waals surface area contributed by atoms with Gasteiger partial charge in [-0.15, -0.1) is 11.3 Å². The van der Waals surface area contributed by atoms with E-state index in [0.717, 1.165) is 11.0 Å². The van der Waals surface area contributed by atoms with Gasteiger partial charge < -0.3 is 5.32 Å². The first-order valence-electron chi connectivity index (χ1n) is 6.41. The molecule has 0 aliphatic heterocycles. The molecule has 0 saturated carbocycles. The van der Waals surface area contributed by atoms with Gasteiger partial charge in [0.15, 0.2) is 0 Å². The Morgan fingerprint density at radius 2 is 1.89 bits per heavy atom. The first-order chi connectivity index (χ1) is 9.15. The molecule has 1 aromatic heterocycles. The molecule has 0 fully saturated rings. The van der Waals surface area contributed by atoms with Crippen LogP contribution in [0.25, 0.3) is 16.5 Å². The Balaban J connectivity index is 2.01. The van der Waals surface area contributed by atoms with E-state index in [1.165, 1.54) is 15.3 Å². The number of nitrogens with one attached hydrogen (secondary N) is 1. The van der Waals surface area contributed by atoms with Crippen LogP contribution in [0.3, 0.4) is 0 Å². The van der Waals surface area contributed by atoms with Crippen molar-refractivity contribution in [2.24, 2.45) is 0 Å². The highest BCUT2D eigenvalue weighted by atomic mass is 79.9. The molecule has 0 bridgehead atoms. The van der Waals surface area contributed by atoms with Crippen LogP contribution in [0.1, 0.15) is 18.7 Å². The van der Waals surface area contributed by atoms with Crippen LogP contribution in [0.5, 0.6) is 0 Å². The molecule has 100 valence electrons. The van der Waals surface area contributed by atoms with Crippen LogP contribution < -0.4 is 5.32 Å². The van der Waals surface area contributed by atoms with Crippen LogP contribution in [-0.4, -0.2) is 12.6 Å². The van der Waals surface area contributed by atoms with Gasteiger partial charge in [-0.2, -0.15) is 0 Å². The summed E-state index contributed by atoms with van der Waals surface area (Å²) < 4.78 is 1.12. The summed E-state index contributed by atoms with van der Waals surface area (Å²) in [5, 5.41) is 3.37. The number of hydrogen-bond donors (Lipinski definition) is 1. The van der Waals surface area contributed by atoms with Gasteiger partial charge in [0.05, 0.1) is 0 Å². The van der Waals surface area contributed by atoms with Gasteiger partial charge in [0.1, 0.15) is 0 Å². The van der Waals surface area contributed by atoms with Crippen LogP contribution in [0.2, 0.25) is 0 Å². The van der Waals surface area contributed by atoms with Gasteiger partial charge >= 0.3 is 0 Å². The Hall–Kier alpha value is -0.900. The van der Waals surface area contributed by atoms with Gasteiger partial charge in [-0.05, 0) is 35.9 Å². The van der Waals surface area contributed by atoms with Crippen LogP contribution >= 0.6 is 27.3 Å². The van der Waals surface area contributed by atoms with Crippen molar-refractivity contribution in [1.82, 2.24) is 5.32 Å². The Kier molecular flexibility index (Phi) is 5.37. The first kappa shape index (κ1) is 14.5. The second-order valence-corrected chi connectivity index (χ2v) is 6.71. The quantitative estimate of drug-likeness (QED) is 0.792. The van der Waals surface area contributed by atoms with Crippen LogP contribution in [0.15, 0.2) is 46.9 Å². The lowest BCUT2D eigenvalue weighted by Crippen LogP contribution is -2.22. The SMILES string of the molecule is CC(C)NCC=Cc1ccc(-c2ccc(Br)cc2)s1. The molecule has 0 unspecified atom stereocenters. The van der Waals surface area contributed by atoms with Crippen molar-refractivity contribution in [1.29, 1.82) is 0 Å². The molecule has 2 aromatic rings. The molecule has 19 heavy (non-hydrogen) atoms. The van der Waals surface area contributed by atoms with Gasteiger partial charge in [0.2, 0.25) is 0 Å². The molecule has 1 N–H and O–H groups in total. The monoisotopic (exact) mass is 335 g/mol. The summed E-state index contributed by atoms with van der Waals surface area (Å²) in [5.41, 5.74) is 1.27. The van der Waals surface area contributed by atoms with Gasteiger partial charge in [-0.1, -0.05) is 48.0 Å². The first-order valence-corrected chi connectivity index (χ1v) is 8.02. The summed E-state index contributed by atoms with van der Waals surface area (Å²) in [5.74, 6) is 0. The van der Waals surface area contributed by atoms with E-state index in [2.05, 4.69) is 83.6 Å². The summed E-state index contributed by atoms with van der Waals surface area (Å²) in [6, 6.07) is 13.3. The maximum absolute atomic E-state index is 3.46. The molecule has 0 aliphatic rings. The predicted octanol–water partition coefficient (Wildman–Crippen LogP) is 5.19. The average molecular weight is 336 g/mol. The zero-order valence-corrected chi connectivity index (χ0v) is 13.6. The molecular formula is C16H18BrNS. The molecule has 3 heteroatoms. The molecule has 2 rings (SSSR count). The summed E-state index contributed by atoms with van der Waals surface area (Å²) in [7, 11) is 0. The second-order valence-electron chi connectivity index (χ2n) is 4.67. The topological polar surface area (TPSA) is 12.0 Å². The van der Waals surface area contributed by atoms with E-state index in [9.17, 15) is 0 Å². The van der Waals surface area contributed by atoms with Crippen LogP contribution in [0, 0.1) is 0 Å². The smallest absolute Gasteiger partial charge is 0.0349 e. The standard InChI is InChI=1S/C16H18BrNS/c1-12(2)18-11-3-4-15-9-10-16(19-15)13-5-7-14(17)8-6-13/h3-10,12,18H,11H2,1-2H3. The maximum Gasteiger partial charge on any atom is 0.0349 e. The minimum absolute atomic E-state index is 0.534. The van der Waals surface area contributed by atoms with Gasteiger partial charge in [-0.3, -0.25) is 0 Å². The molecule has 0 amide bonds. The zero-order chi connectivity index (χ0) is 13.7. The number of benzene rings is 1. The van der Waals surface area contributed by atoms with Crippen molar-refractivity contribution in [3.8, 4) is 10.4 Å². The van der Waals surface area contributed by atoms with E-state index in [1.54, 1.807) is 0 Å². The Morgan fingerprint density at radius 1 is 1.16 bits per heavy atom. The Labute approximate surface area is 127 Å². The fraction of sp³-hybridized carbons (Fsp3) is 0.250. The number of rotatable bonds is 5. The van der Waals surface area contributed by atoms with Gasteiger partial charge in [0, 0.05) is 26.8 Å². The molecule has 0 spiro atoms. The van der Waals surface area contributed by atoms with E-state index in [-0.39, 0.29) is 0 Å². The summed E-state index contributed by atoms with van der Waals surface area (Å²) in [6.45, 7) is 5.23.